The van der Waals surface area contributed by atoms with Crippen molar-refractivity contribution in [2.45, 2.75) is 12.8 Å². The lowest BCUT2D eigenvalue weighted by Crippen LogP contribution is -2.37. The number of hydrogen-bond acceptors (Lipinski definition) is 3. The smallest absolute Gasteiger partial charge is 0.120 e. The van der Waals surface area contributed by atoms with E-state index in [1.165, 1.54) is 0 Å². The number of aliphatic hydroxyl groups is 1. The minimum absolute atomic E-state index is 0.326. The molecule has 1 aromatic rings. The van der Waals surface area contributed by atoms with Gasteiger partial charge in [0.15, 0.2) is 0 Å². The Morgan fingerprint density at radius 2 is 2.11 bits per heavy atom. The summed E-state index contributed by atoms with van der Waals surface area (Å²) in [6, 6.07) is 7.49. The molecule has 1 aliphatic rings. The second-order valence-corrected chi connectivity index (χ2v) is 5.21. The highest BCUT2D eigenvalue weighted by Crippen LogP contribution is 2.18. The zero-order valence-electron chi connectivity index (χ0n) is 10.5. The lowest BCUT2D eigenvalue weighted by atomic mass is 9.98. The van der Waals surface area contributed by atoms with E-state index in [1.807, 2.05) is 24.3 Å². The third-order valence-electron chi connectivity index (χ3n) is 3.44. The van der Waals surface area contributed by atoms with Gasteiger partial charge in [0, 0.05) is 18.2 Å². The van der Waals surface area contributed by atoms with Crippen LogP contribution >= 0.6 is 11.6 Å². The largest absolute Gasteiger partial charge is 0.492 e. The van der Waals surface area contributed by atoms with Gasteiger partial charge in [-0.1, -0.05) is 17.7 Å². The molecule has 3 nitrogen and oxygen atoms in total. The van der Waals surface area contributed by atoms with Crippen LogP contribution in [0, 0.1) is 5.92 Å². The first-order valence-corrected chi connectivity index (χ1v) is 6.87. The number of halogens is 1. The predicted molar refractivity (Wildman–Crippen MR) is 73.2 cm³/mol. The molecule has 0 saturated carbocycles. The summed E-state index contributed by atoms with van der Waals surface area (Å²) in [5, 5.41) is 9.78. The van der Waals surface area contributed by atoms with Crippen molar-refractivity contribution in [3.63, 3.8) is 0 Å². The Bertz CT molecular complexity index is 365. The van der Waals surface area contributed by atoms with E-state index in [1.54, 1.807) is 0 Å². The summed E-state index contributed by atoms with van der Waals surface area (Å²) in [5.74, 6) is 1.32. The van der Waals surface area contributed by atoms with Crippen LogP contribution in [0.15, 0.2) is 24.3 Å². The van der Waals surface area contributed by atoms with Gasteiger partial charge in [0.25, 0.3) is 0 Å². The molecule has 0 amide bonds. The molecule has 0 spiro atoms. The minimum Gasteiger partial charge on any atom is -0.492 e. The molecule has 0 unspecified atom stereocenters. The average Bonchev–Trinajstić information content (AvgIpc) is 2.40. The summed E-state index contributed by atoms with van der Waals surface area (Å²) in [4.78, 5) is 2.39. The summed E-state index contributed by atoms with van der Waals surface area (Å²) in [5.41, 5.74) is 0. The Labute approximate surface area is 113 Å². The van der Waals surface area contributed by atoms with Gasteiger partial charge in [-0.15, -0.1) is 0 Å². The number of aliphatic hydroxyl groups excluding tert-OH is 1. The maximum atomic E-state index is 9.07. The predicted octanol–water partition coefficient (Wildman–Crippen LogP) is 2.42. The molecule has 1 fully saturated rings. The highest BCUT2D eigenvalue weighted by Gasteiger charge is 2.17. The molecule has 0 aromatic heterocycles. The van der Waals surface area contributed by atoms with Gasteiger partial charge in [-0.3, -0.25) is 4.90 Å². The molecule has 2 rings (SSSR count). The van der Waals surface area contributed by atoms with Crippen molar-refractivity contribution >= 4 is 11.6 Å². The minimum atomic E-state index is 0.326. The number of likely N-dealkylation sites (tertiary alicyclic amines) is 1. The van der Waals surface area contributed by atoms with Crippen LogP contribution in [0.5, 0.6) is 5.75 Å². The second kappa shape index (κ2) is 6.98. The number of benzene rings is 1. The molecule has 0 atom stereocenters. The lowest BCUT2D eigenvalue weighted by molar-refractivity contribution is 0.119. The van der Waals surface area contributed by atoms with Gasteiger partial charge in [-0.05, 0) is 50.0 Å². The van der Waals surface area contributed by atoms with Crippen molar-refractivity contribution in [1.82, 2.24) is 4.90 Å². The van der Waals surface area contributed by atoms with Gasteiger partial charge in [-0.2, -0.15) is 0 Å². The van der Waals surface area contributed by atoms with Gasteiger partial charge in [-0.25, -0.2) is 0 Å². The zero-order chi connectivity index (χ0) is 12.8. The second-order valence-electron chi connectivity index (χ2n) is 4.77. The Morgan fingerprint density at radius 3 is 2.78 bits per heavy atom. The number of hydrogen-bond donors (Lipinski definition) is 1. The van der Waals surface area contributed by atoms with Crippen LogP contribution in [0.1, 0.15) is 12.8 Å². The SMILES string of the molecule is OCC1CCN(CCOc2cccc(Cl)c2)CC1. The maximum Gasteiger partial charge on any atom is 0.120 e. The van der Waals surface area contributed by atoms with Gasteiger partial charge in [0.2, 0.25) is 0 Å². The number of rotatable bonds is 5. The monoisotopic (exact) mass is 269 g/mol. The molecule has 1 heterocycles. The number of ether oxygens (including phenoxy) is 1. The van der Waals surface area contributed by atoms with Crippen molar-refractivity contribution in [3.8, 4) is 5.75 Å². The van der Waals surface area contributed by atoms with E-state index >= 15 is 0 Å². The van der Waals surface area contributed by atoms with Crippen LogP contribution in [-0.4, -0.2) is 42.9 Å². The van der Waals surface area contributed by atoms with Crippen molar-refractivity contribution in [3.05, 3.63) is 29.3 Å². The molecule has 0 bridgehead atoms. The molecular formula is C14H20ClNO2. The van der Waals surface area contributed by atoms with E-state index in [0.29, 0.717) is 24.2 Å². The highest BCUT2D eigenvalue weighted by molar-refractivity contribution is 6.30. The summed E-state index contributed by atoms with van der Waals surface area (Å²) >= 11 is 5.89. The zero-order valence-corrected chi connectivity index (χ0v) is 11.3. The molecule has 4 heteroatoms. The summed E-state index contributed by atoms with van der Waals surface area (Å²) < 4.78 is 5.67. The van der Waals surface area contributed by atoms with E-state index in [9.17, 15) is 0 Å². The Morgan fingerprint density at radius 1 is 1.33 bits per heavy atom. The molecule has 1 aromatic carbocycles. The molecule has 18 heavy (non-hydrogen) atoms. The Balaban J connectivity index is 1.67. The average molecular weight is 270 g/mol. The van der Waals surface area contributed by atoms with Crippen molar-refractivity contribution in [2.24, 2.45) is 5.92 Å². The van der Waals surface area contributed by atoms with Crippen LogP contribution in [0.3, 0.4) is 0 Å². The van der Waals surface area contributed by atoms with Gasteiger partial charge < -0.3 is 9.84 Å². The summed E-state index contributed by atoms with van der Waals surface area (Å²) in [6.07, 6.45) is 2.18. The van der Waals surface area contributed by atoms with E-state index in [-0.39, 0.29) is 0 Å². The molecule has 0 aliphatic carbocycles. The van der Waals surface area contributed by atoms with E-state index in [4.69, 9.17) is 21.4 Å². The Kier molecular flexibility index (Phi) is 5.29. The van der Waals surface area contributed by atoms with Crippen LogP contribution in [0.2, 0.25) is 5.02 Å². The third kappa shape index (κ3) is 4.16. The van der Waals surface area contributed by atoms with Crippen molar-refractivity contribution in [2.75, 3.05) is 32.8 Å². The fourth-order valence-corrected chi connectivity index (χ4v) is 2.42. The van der Waals surface area contributed by atoms with E-state index in [2.05, 4.69) is 4.90 Å². The highest BCUT2D eigenvalue weighted by atomic mass is 35.5. The summed E-state index contributed by atoms with van der Waals surface area (Å²) in [7, 11) is 0. The molecule has 1 N–H and O–H groups in total. The topological polar surface area (TPSA) is 32.7 Å². The van der Waals surface area contributed by atoms with Crippen LogP contribution in [0.25, 0.3) is 0 Å². The van der Waals surface area contributed by atoms with Crippen LogP contribution < -0.4 is 4.74 Å². The fraction of sp³-hybridized carbons (Fsp3) is 0.571. The maximum absolute atomic E-state index is 9.07. The molecule has 1 aliphatic heterocycles. The fourth-order valence-electron chi connectivity index (χ4n) is 2.24. The normalized spacial score (nSPS) is 17.9. The van der Waals surface area contributed by atoms with Crippen LogP contribution in [-0.2, 0) is 0 Å². The summed E-state index contributed by atoms with van der Waals surface area (Å²) in [6.45, 7) is 4.07. The van der Waals surface area contributed by atoms with E-state index in [0.717, 1.165) is 38.2 Å². The Hall–Kier alpha value is -0.770. The first kappa shape index (κ1) is 13.7. The van der Waals surface area contributed by atoms with Crippen LogP contribution in [0.4, 0.5) is 0 Å². The molecule has 1 saturated heterocycles. The number of piperidine rings is 1. The first-order valence-electron chi connectivity index (χ1n) is 6.49. The first-order chi connectivity index (χ1) is 8.78. The molecular weight excluding hydrogens is 250 g/mol. The number of nitrogens with zero attached hydrogens (tertiary/aromatic N) is 1. The van der Waals surface area contributed by atoms with Crippen molar-refractivity contribution < 1.29 is 9.84 Å². The van der Waals surface area contributed by atoms with Gasteiger partial charge >= 0.3 is 0 Å². The van der Waals surface area contributed by atoms with E-state index < -0.39 is 0 Å². The van der Waals surface area contributed by atoms with Gasteiger partial charge in [0.1, 0.15) is 12.4 Å². The third-order valence-corrected chi connectivity index (χ3v) is 3.67. The van der Waals surface area contributed by atoms with Crippen molar-refractivity contribution in [1.29, 1.82) is 0 Å². The van der Waals surface area contributed by atoms with Gasteiger partial charge in [0.05, 0.1) is 0 Å². The lowest BCUT2D eigenvalue weighted by Gasteiger charge is -2.30. The quantitative estimate of drug-likeness (QED) is 0.891. The molecule has 0 radical (unpaired) electrons. The molecule has 100 valence electrons. The standard InChI is InChI=1S/C14H20ClNO2/c15-13-2-1-3-14(10-13)18-9-8-16-6-4-12(11-17)5-7-16/h1-3,10,12,17H,4-9,11H2.